The van der Waals surface area contributed by atoms with E-state index in [0.717, 1.165) is 5.56 Å². The topological polar surface area (TPSA) is 106 Å². The lowest BCUT2D eigenvalue weighted by atomic mass is 10.1. The lowest BCUT2D eigenvalue weighted by molar-refractivity contribution is -0.385. The van der Waals surface area contributed by atoms with Gasteiger partial charge in [0, 0.05) is 28.9 Å². The van der Waals surface area contributed by atoms with Gasteiger partial charge in [0.15, 0.2) is 12.1 Å². The van der Waals surface area contributed by atoms with Gasteiger partial charge >= 0.3 is 0 Å². The van der Waals surface area contributed by atoms with Crippen molar-refractivity contribution >= 4 is 17.3 Å². The molecule has 0 fully saturated rings. The molecule has 2 N–H and O–H groups in total. The lowest BCUT2D eigenvalue weighted by Crippen LogP contribution is -2.20. The number of nitro benzene ring substituents is 1. The van der Waals surface area contributed by atoms with Crippen molar-refractivity contribution in [1.29, 1.82) is 0 Å². The Morgan fingerprint density at radius 2 is 2.00 bits per heavy atom. The Hall–Kier alpha value is -3.26. The number of benzene rings is 2. The number of fused-ring (bicyclic) bond motifs is 2. The molecule has 0 saturated heterocycles. The molecule has 3 aromatic rings. The zero-order valence-electron chi connectivity index (χ0n) is 11.7. The predicted octanol–water partition coefficient (Wildman–Crippen LogP) is 2.45. The number of aliphatic hydroxyl groups is 1. The normalized spacial score (nSPS) is 15.4. The van der Waals surface area contributed by atoms with Crippen molar-refractivity contribution in [1.82, 2.24) is 14.8 Å². The fraction of sp³-hybridized carbons (Fsp3) is 0.0667. The van der Waals surface area contributed by atoms with Crippen molar-refractivity contribution < 1.29 is 10.0 Å². The van der Waals surface area contributed by atoms with Gasteiger partial charge in [-0.3, -0.25) is 10.1 Å². The van der Waals surface area contributed by atoms with Crippen LogP contribution in [0.25, 0.3) is 11.4 Å². The van der Waals surface area contributed by atoms with E-state index in [1.165, 1.54) is 16.8 Å². The van der Waals surface area contributed by atoms with Crippen LogP contribution in [0, 0.1) is 10.1 Å². The van der Waals surface area contributed by atoms with Crippen LogP contribution in [0.3, 0.4) is 0 Å². The summed E-state index contributed by atoms with van der Waals surface area (Å²) in [6, 6.07) is 13.6. The van der Waals surface area contributed by atoms with Crippen molar-refractivity contribution in [3.8, 4) is 11.4 Å². The number of aliphatic hydroxyl groups excluding tert-OH is 1. The van der Waals surface area contributed by atoms with Crippen LogP contribution in [-0.4, -0.2) is 24.8 Å². The Kier molecular flexibility index (Phi) is 2.85. The average molecular weight is 309 g/mol. The second kappa shape index (κ2) is 4.89. The van der Waals surface area contributed by atoms with E-state index in [2.05, 4.69) is 15.4 Å². The van der Waals surface area contributed by atoms with E-state index >= 15 is 0 Å². The molecule has 8 nitrogen and oxygen atoms in total. The summed E-state index contributed by atoms with van der Waals surface area (Å²) >= 11 is 0. The fourth-order valence-corrected chi connectivity index (χ4v) is 2.53. The minimum Gasteiger partial charge on any atom is -0.368 e. The van der Waals surface area contributed by atoms with Gasteiger partial charge in [0.05, 0.1) is 4.92 Å². The molecule has 1 aliphatic rings. The predicted molar refractivity (Wildman–Crippen MR) is 82.2 cm³/mol. The summed E-state index contributed by atoms with van der Waals surface area (Å²) in [5.74, 6) is 0.854. The fourth-order valence-electron chi connectivity index (χ4n) is 2.53. The molecule has 4 rings (SSSR count). The summed E-state index contributed by atoms with van der Waals surface area (Å²) in [6.07, 6.45) is -1.13. The second-order valence-electron chi connectivity index (χ2n) is 5.10. The highest BCUT2D eigenvalue weighted by Gasteiger charge is 2.28. The number of non-ortho nitro benzene ring substituents is 1. The number of anilines is 2. The molecular formula is C15H11N5O3. The third kappa shape index (κ3) is 2.12. The van der Waals surface area contributed by atoms with E-state index < -0.39 is 11.2 Å². The minimum atomic E-state index is -1.13. The van der Waals surface area contributed by atoms with Gasteiger partial charge in [-0.1, -0.05) is 30.3 Å². The van der Waals surface area contributed by atoms with Crippen molar-refractivity contribution in [3.63, 3.8) is 0 Å². The summed E-state index contributed by atoms with van der Waals surface area (Å²) in [5, 5.41) is 28.7. The van der Waals surface area contributed by atoms with E-state index in [9.17, 15) is 15.2 Å². The largest absolute Gasteiger partial charge is 0.368 e. The number of nitrogens with one attached hydrogen (secondary N) is 1. The van der Waals surface area contributed by atoms with E-state index in [0.29, 0.717) is 23.0 Å². The zero-order chi connectivity index (χ0) is 16.0. The number of hydrogen-bond donors (Lipinski definition) is 2. The molecule has 8 heteroatoms. The lowest BCUT2D eigenvalue weighted by Gasteiger charge is -2.22. The van der Waals surface area contributed by atoms with Gasteiger partial charge in [-0.15, -0.1) is 5.10 Å². The van der Waals surface area contributed by atoms with Crippen LogP contribution in [0.15, 0.2) is 48.5 Å². The summed E-state index contributed by atoms with van der Waals surface area (Å²) in [6.45, 7) is 0. The van der Waals surface area contributed by atoms with Crippen LogP contribution in [0.1, 0.15) is 11.8 Å². The van der Waals surface area contributed by atoms with Crippen LogP contribution in [0.5, 0.6) is 0 Å². The Labute approximate surface area is 130 Å². The maximum atomic E-state index is 10.9. The van der Waals surface area contributed by atoms with Crippen LogP contribution in [0.4, 0.5) is 17.3 Å². The minimum absolute atomic E-state index is 0.0866. The second-order valence-corrected chi connectivity index (χ2v) is 5.10. The maximum Gasteiger partial charge on any atom is 0.270 e. The van der Waals surface area contributed by atoms with Crippen molar-refractivity contribution in [2.24, 2.45) is 0 Å². The average Bonchev–Trinajstić information content (AvgIpc) is 3.00. The summed E-state index contributed by atoms with van der Waals surface area (Å²) in [4.78, 5) is 14.8. The first-order chi connectivity index (χ1) is 11.1. The third-order valence-electron chi connectivity index (χ3n) is 3.67. The first-order valence-electron chi connectivity index (χ1n) is 6.89. The van der Waals surface area contributed by atoms with Crippen molar-refractivity contribution in [2.75, 3.05) is 5.32 Å². The molecular weight excluding hydrogens is 298 g/mol. The highest BCUT2D eigenvalue weighted by Crippen LogP contribution is 2.36. The molecule has 1 aliphatic heterocycles. The van der Waals surface area contributed by atoms with Gasteiger partial charge in [0.25, 0.3) is 5.69 Å². The Morgan fingerprint density at radius 3 is 2.74 bits per heavy atom. The molecule has 0 bridgehead atoms. The van der Waals surface area contributed by atoms with E-state index in [1.54, 1.807) is 6.07 Å². The molecule has 23 heavy (non-hydrogen) atoms. The molecule has 114 valence electrons. The van der Waals surface area contributed by atoms with E-state index in [1.807, 2.05) is 30.3 Å². The first-order valence-corrected chi connectivity index (χ1v) is 6.89. The number of nitrogens with zero attached hydrogens (tertiary/aromatic N) is 4. The molecule has 2 aromatic carbocycles. The summed E-state index contributed by atoms with van der Waals surface area (Å²) in [7, 11) is 0. The van der Waals surface area contributed by atoms with Gasteiger partial charge in [-0.25, -0.2) is 0 Å². The number of nitro groups is 1. The van der Waals surface area contributed by atoms with Gasteiger partial charge in [-0.05, 0) is 6.07 Å². The Bertz CT molecular complexity index is 907. The third-order valence-corrected chi connectivity index (χ3v) is 3.67. The van der Waals surface area contributed by atoms with Crippen molar-refractivity contribution in [2.45, 2.75) is 6.23 Å². The van der Waals surface area contributed by atoms with Gasteiger partial charge in [-0.2, -0.15) is 9.67 Å². The smallest absolute Gasteiger partial charge is 0.270 e. The SMILES string of the molecule is O=[N+]([O-])c1ccc2c(c1)[C@@H](O)n1nc(-c3ccccc3)nc1N2. The Morgan fingerprint density at radius 1 is 1.22 bits per heavy atom. The highest BCUT2D eigenvalue weighted by molar-refractivity contribution is 5.67. The standard InChI is InChI=1S/C15H11N5O3/c21-14-11-8-10(20(22)23)6-7-12(11)16-15-17-13(18-19(14)15)9-4-2-1-3-5-9/h1-8,14,21H,(H,16,17,18)/t14-/m1/s1. The number of rotatable bonds is 2. The van der Waals surface area contributed by atoms with E-state index in [-0.39, 0.29) is 5.69 Å². The first kappa shape index (κ1) is 13.4. The molecule has 0 radical (unpaired) electrons. The van der Waals surface area contributed by atoms with Crippen LogP contribution in [0.2, 0.25) is 0 Å². The monoisotopic (exact) mass is 309 g/mol. The maximum absolute atomic E-state index is 10.9. The summed E-state index contributed by atoms with van der Waals surface area (Å²) < 4.78 is 1.31. The molecule has 1 atom stereocenters. The number of hydrogen-bond acceptors (Lipinski definition) is 6. The molecule has 2 heterocycles. The molecule has 0 aliphatic carbocycles. The highest BCUT2D eigenvalue weighted by atomic mass is 16.6. The Balaban J connectivity index is 1.79. The molecule has 0 unspecified atom stereocenters. The molecule has 0 amide bonds. The number of aromatic nitrogens is 3. The van der Waals surface area contributed by atoms with Crippen molar-refractivity contribution in [3.05, 3.63) is 64.2 Å². The molecule has 0 saturated carbocycles. The van der Waals surface area contributed by atoms with Gasteiger partial charge in [0.2, 0.25) is 5.95 Å². The molecule has 0 spiro atoms. The van der Waals surface area contributed by atoms with Gasteiger partial charge in [0.1, 0.15) is 0 Å². The zero-order valence-corrected chi connectivity index (χ0v) is 11.7. The quantitative estimate of drug-likeness (QED) is 0.556. The van der Waals surface area contributed by atoms with Crippen LogP contribution >= 0.6 is 0 Å². The van der Waals surface area contributed by atoms with Gasteiger partial charge < -0.3 is 10.4 Å². The van der Waals surface area contributed by atoms with Crippen LogP contribution < -0.4 is 5.32 Å². The molecule has 1 aromatic heterocycles. The van der Waals surface area contributed by atoms with E-state index in [4.69, 9.17) is 0 Å². The summed E-state index contributed by atoms with van der Waals surface area (Å²) in [5.41, 5.74) is 1.69. The van der Waals surface area contributed by atoms with Crippen LogP contribution in [-0.2, 0) is 0 Å².